The average Bonchev–Trinajstić information content (AvgIpc) is 2.88. The molecule has 2 amide bonds. The van der Waals surface area contributed by atoms with Crippen molar-refractivity contribution in [3.63, 3.8) is 0 Å². The number of aromatic nitrogens is 2. The van der Waals surface area contributed by atoms with E-state index >= 15 is 0 Å². The fraction of sp³-hybridized carbons (Fsp3) is 0.733. The van der Waals surface area contributed by atoms with Crippen LogP contribution in [0.1, 0.15) is 20.3 Å². The smallest absolute Gasteiger partial charge is 0.319 e. The number of nitrogens with zero attached hydrogens (tertiary/aromatic N) is 3. The predicted octanol–water partition coefficient (Wildman–Crippen LogP) is 1.63. The van der Waals surface area contributed by atoms with Crippen molar-refractivity contribution < 1.29 is 9.53 Å². The summed E-state index contributed by atoms with van der Waals surface area (Å²) < 4.78 is 6.73. The van der Waals surface area contributed by atoms with Crippen LogP contribution >= 0.6 is 0 Å². The molecule has 2 N–H and O–H groups in total. The van der Waals surface area contributed by atoms with Gasteiger partial charge in [0, 0.05) is 25.9 Å². The minimum Gasteiger partial charge on any atom is -0.383 e. The standard InChI is InChI=1S/C15H29N5O2/c1-12(2)8-14(19(3)4)10-16-15(21)18-13-9-17-20(11-13)6-7-22-5/h9,11-12,14H,6-8,10H2,1-5H3,(H2,16,18,21)/t14-/m1/s1. The van der Waals surface area contributed by atoms with Crippen molar-refractivity contribution in [1.82, 2.24) is 20.0 Å². The highest BCUT2D eigenvalue weighted by molar-refractivity contribution is 5.88. The van der Waals surface area contributed by atoms with E-state index in [4.69, 9.17) is 4.74 Å². The molecule has 1 rings (SSSR count). The molecule has 0 unspecified atom stereocenters. The number of hydrogen-bond donors (Lipinski definition) is 2. The molecule has 0 spiro atoms. The molecule has 7 nitrogen and oxygen atoms in total. The highest BCUT2D eigenvalue weighted by Gasteiger charge is 2.14. The van der Waals surface area contributed by atoms with Crippen LogP contribution in [0.4, 0.5) is 10.5 Å². The van der Waals surface area contributed by atoms with Gasteiger partial charge in [-0.15, -0.1) is 0 Å². The number of carbonyl (C=O) groups is 1. The number of likely N-dealkylation sites (N-methyl/N-ethyl adjacent to an activating group) is 1. The Labute approximate surface area is 133 Å². The Morgan fingerprint density at radius 2 is 2.18 bits per heavy atom. The third-order valence-corrected chi connectivity index (χ3v) is 3.39. The number of ether oxygens (including phenoxy) is 1. The second-order valence-corrected chi connectivity index (χ2v) is 6.07. The van der Waals surface area contributed by atoms with Crippen LogP contribution in [-0.2, 0) is 11.3 Å². The lowest BCUT2D eigenvalue weighted by Gasteiger charge is -2.26. The summed E-state index contributed by atoms with van der Waals surface area (Å²) in [6.45, 7) is 6.24. The molecule has 22 heavy (non-hydrogen) atoms. The zero-order valence-electron chi connectivity index (χ0n) is 14.3. The maximum Gasteiger partial charge on any atom is 0.319 e. The van der Waals surface area contributed by atoms with Gasteiger partial charge in [-0.05, 0) is 26.4 Å². The van der Waals surface area contributed by atoms with Gasteiger partial charge in [0.15, 0.2) is 0 Å². The lowest BCUT2D eigenvalue weighted by molar-refractivity contribution is 0.183. The lowest BCUT2D eigenvalue weighted by Crippen LogP contribution is -2.42. The summed E-state index contributed by atoms with van der Waals surface area (Å²) in [5.41, 5.74) is 0.680. The lowest BCUT2D eigenvalue weighted by atomic mass is 10.0. The molecule has 1 heterocycles. The second-order valence-electron chi connectivity index (χ2n) is 6.07. The highest BCUT2D eigenvalue weighted by Crippen LogP contribution is 2.08. The SMILES string of the molecule is COCCn1cc(NC(=O)NC[C@@H](CC(C)C)N(C)C)cn1. The Hall–Kier alpha value is -1.60. The average molecular weight is 311 g/mol. The van der Waals surface area contributed by atoms with E-state index in [1.807, 2.05) is 14.1 Å². The fourth-order valence-corrected chi connectivity index (χ4v) is 2.14. The topological polar surface area (TPSA) is 71.4 Å². The van der Waals surface area contributed by atoms with Gasteiger partial charge in [-0.3, -0.25) is 4.68 Å². The van der Waals surface area contributed by atoms with Crippen molar-refractivity contribution in [3.8, 4) is 0 Å². The third-order valence-electron chi connectivity index (χ3n) is 3.39. The van der Waals surface area contributed by atoms with E-state index in [9.17, 15) is 4.79 Å². The van der Waals surface area contributed by atoms with Gasteiger partial charge >= 0.3 is 6.03 Å². The summed E-state index contributed by atoms with van der Waals surface area (Å²) in [6, 6.07) is 0.122. The Morgan fingerprint density at radius 3 is 2.77 bits per heavy atom. The number of urea groups is 1. The minimum atomic E-state index is -0.207. The van der Waals surface area contributed by atoms with Crippen molar-refractivity contribution in [3.05, 3.63) is 12.4 Å². The van der Waals surface area contributed by atoms with E-state index < -0.39 is 0 Å². The van der Waals surface area contributed by atoms with Crippen molar-refractivity contribution >= 4 is 11.7 Å². The Balaban J connectivity index is 2.40. The highest BCUT2D eigenvalue weighted by atomic mass is 16.5. The van der Waals surface area contributed by atoms with Crippen LogP contribution in [0, 0.1) is 5.92 Å². The van der Waals surface area contributed by atoms with E-state index in [0.717, 1.165) is 6.42 Å². The molecule has 1 aromatic rings. The number of rotatable bonds is 9. The normalized spacial score (nSPS) is 12.7. The van der Waals surface area contributed by atoms with Gasteiger partial charge in [-0.2, -0.15) is 5.10 Å². The number of hydrogen-bond acceptors (Lipinski definition) is 4. The van der Waals surface area contributed by atoms with Crippen LogP contribution in [0.25, 0.3) is 0 Å². The first-order chi connectivity index (χ1) is 10.4. The minimum absolute atomic E-state index is 0.207. The summed E-state index contributed by atoms with van der Waals surface area (Å²) in [5.74, 6) is 0.594. The van der Waals surface area contributed by atoms with Gasteiger partial charge in [0.05, 0.1) is 25.0 Å². The van der Waals surface area contributed by atoms with Crippen LogP contribution in [0.2, 0.25) is 0 Å². The zero-order valence-corrected chi connectivity index (χ0v) is 14.3. The van der Waals surface area contributed by atoms with E-state index in [2.05, 4.69) is 34.5 Å². The molecule has 0 aliphatic rings. The number of nitrogens with one attached hydrogen (secondary N) is 2. The second kappa shape index (κ2) is 9.42. The summed E-state index contributed by atoms with van der Waals surface area (Å²) in [6.07, 6.45) is 4.46. The quantitative estimate of drug-likeness (QED) is 0.727. The first-order valence-electron chi connectivity index (χ1n) is 7.65. The number of carbonyl (C=O) groups excluding carboxylic acids is 1. The first kappa shape index (κ1) is 18.4. The molecule has 0 fully saturated rings. The molecule has 0 aliphatic heterocycles. The van der Waals surface area contributed by atoms with Crippen molar-refractivity contribution in [2.45, 2.75) is 32.9 Å². The van der Waals surface area contributed by atoms with Crippen LogP contribution in [0.3, 0.4) is 0 Å². The summed E-state index contributed by atoms with van der Waals surface area (Å²) >= 11 is 0. The molecule has 0 aromatic carbocycles. The Morgan fingerprint density at radius 1 is 1.45 bits per heavy atom. The van der Waals surface area contributed by atoms with E-state index in [1.54, 1.807) is 24.2 Å². The molecule has 1 aromatic heterocycles. The van der Waals surface area contributed by atoms with Crippen molar-refractivity contribution in [2.24, 2.45) is 5.92 Å². The van der Waals surface area contributed by atoms with E-state index in [0.29, 0.717) is 37.3 Å². The zero-order chi connectivity index (χ0) is 16.5. The Bertz CT molecular complexity index is 445. The maximum atomic E-state index is 11.9. The van der Waals surface area contributed by atoms with Crippen molar-refractivity contribution in [1.29, 1.82) is 0 Å². The summed E-state index contributed by atoms with van der Waals surface area (Å²) in [5, 5.41) is 9.87. The van der Waals surface area contributed by atoms with Gasteiger partial charge in [0.2, 0.25) is 0 Å². The van der Waals surface area contributed by atoms with Gasteiger partial charge in [-0.25, -0.2) is 4.79 Å². The van der Waals surface area contributed by atoms with Gasteiger partial charge in [0.25, 0.3) is 0 Å². The maximum absolute atomic E-state index is 11.9. The van der Waals surface area contributed by atoms with Gasteiger partial charge in [-0.1, -0.05) is 13.8 Å². The number of methoxy groups -OCH3 is 1. The summed E-state index contributed by atoms with van der Waals surface area (Å²) in [4.78, 5) is 14.1. The Kier molecular flexibility index (Phi) is 7.90. The monoisotopic (exact) mass is 311 g/mol. The molecule has 0 aliphatic carbocycles. The van der Waals surface area contributed by atoms with Gasteiger partial charge < -0.3 is 20.3 Å². The first-order valence-corrected chi connectivity index (χ1v) is 7.65. The molecule has 126 valence electrons. The number of anilines is 1. The van der Waals surface area contributed by atoms with E-state index in [1.165, 1.54) is 0 Å². The molecular formula is C15H29N5O2. The molecule has 0 saturated heterocycles. The van der Waals surface area contributed by atoms with Crippen LogP contribution < -0.4 is 10.6 Å². The third kappa shape index (κ3) is 6.91. The summed E-state index contributed by atoms with van der Waals surface area (Å²) in [7, 11) is 5.72. The van der Waals surface area contributed by atoms with E-state index in [-0.39, 0.29) is 6.03 Å². The molecule has 7 heteroatoms. The predicted molar refractivity (Wildman–Crippen MR) is 88.1 cm³/mol. The number of amides is 2. The molecule has 0 radical (unpaired) electrons. The van der Waals surface area contributed by atoms with Crippen LogP contribution in [0.15, 0.2) is 12.4 Å². The molecular weight excluding hydrogens is 282 g/mol. The van der Waals surface area contributed by atoms with Crippen LogP contribution in [0.5, 0.6) is 0 Å². The molecule has 0 bridgehead atoms. The molecule has 0 saturated carbocycles. The van der Waals surface area contributed by atoms with Gasteiger partial charge in [0.1, 0.15) is 0 Å². The molecule has 1 atom stereocenters. The van der Waals surface area contributed by atoms with Crippen LogP contribution in [-0.4, -0.2) is 61.1 Å². The fourth-order valence-electron chi connectivity index (χ4n) is 2.14. The van der Waals surface area contributed by atoms with Crippen molar-refractivity contribution in [2.75, 3.05) is 39.7 Å². The largest absolute Gasteiger partial charge is 0.383 e.